The number of benzene rings is 1. The number of nitrogens with zero attached hydrogens (tertiary/aromatic N) is 1. The molecule has 128 valence electrons. The van der Waals surface area contributed by atoms with Crippen molar-refractivity contribution < 1.29 is 18.3 Å². The van der Waals surface area contributed by atoms with Crippen LogP contribution in [0.4, 0.5) is 0 Å². The van der Waals surface area contributed by atoms with Gasteiger partial charge in [0, 0.05) is 0 Å². The lowest BCUT2D eigenvalue weighted by Gasteiger charge is -2.09. The number of pyridine rings is 1. The van der Waals surface area contributed by atoms with Gasteiger partial charge in [0.25, 0.3) is 0 Å². The van der Waals surface area contributed by atoms with Gasteiger partial charge < -0.3 is 5.11 Å². The highest BCUT2D eigenvalue weighted by atomic mass is 32.2. The van der Waals surface area contributed by atoms with Crippen LogP contribution in [0.5, 0.6) is 0 Å². The number of carboxylic acid groups (broad SMARTS) is 1. The van der Waals surface area contributed by atoms with E-state index in [2.05, 4.69) is 9.71 Å². The smallest absolute Gasteiger partial charge is 0.337 e. The minimum atomic E-state index is -3.50. The highest BCUT2D eigenvalue weighted by Gasteiger charge is 2.14. The highest BCUT2D eigenvalue weighted by molar-refractivity contribution is 7.88. The Kier molecular flexibility index (Phi) is 5.69. The Labute approximate surface area is 141 Å². The minimum Gasteiger partial charge on any atom is -0.478 e. The third kappa shape index (κ3) is 4.87. The van der Waals surface area contributed by atoms with Gasteiger partial charge in [-0.15, -0.1) is 0 Å². The van der Waals surface area contributed by atoms with Gasteiger partial charge in [0.05, 0.1) is 29.2 Å². The van der Waals surface area contributed by atoms with Gasteiger partial charge in [-0.25, -0.2) is 17.9 Å². The molecule has 0 aliphatic heterocycles. The van der Waals surface area contributed by atoms with E-state index in [0.29, 0.717) is 23.4 Å². The molecule has 0 spiro atoms. The van der Waals surface area contributed by atoms with Crippen molar-refractivity contribution in [2.75, 3.05) is 0 Å². The van der Waals surface area contributed by atoms with E-state index in [-0.39, 0.29) is 17.9 Å². The maximum absolute atomic E-state index is 12.2. The zero-order valence-corrected chi connectivity index (χ0v) is 14.4. The lowest BCUT2D eigenvalue weighted by Crippen LogP contribution is -2.25. The van der Waals surface area contributed by atoms with Crippen molar-refractivity contribution >= 4 is 16.0 Å². The van der Waals surface area contributed by atoms with Crippen LogP contribution >= 0.6 is 0 Å². The second-order valence-corrected chi connectivity index (χ2v) is 7.33. The lowest BCUT2D eigenvalue weighted by molar-refractivity contribution is 0.0695. The summed E-state index contributed by atoms with van der Waals surface area (Å²) in [4.78, 5) is 15.3. The van der Waals surface area contributed by atoms with E-state index in [9.17, 15) is 13.2 Å². The molecule has 1 aromatic heterocycles. The fraction of sp³-hybridized carbons (Fsp3) is 0.294. The predicted molar refractivity (Wildman–Crippen MR) is 91.2 cm³/mol. The molecular weight excluding hydrogens is 328 g/mol. The van der Waals surface area contributed by atoms with E-state index in [4.69, 9.17) is 5.11 Å². The molecule has 0 aliphatic rings. The van der Waals surface area contributed by atoms with Crippen LogP contribution in [0.25, 0.3) is 0 Å². The molecule has 0 amide bonds. The first-order valence-corrected chi connectivity index (χ1v) is 9.21. The average Bonchev–Trinajstić information content (AvgIpc) is 2.52. The number of carboxylic acids is 1. The van der Waals surface area contributed by atoms with Crippen LogP contribution in [-0.2, 0) is 28.7 Å². The summed E-state index contributed by atoms with van der Waals surface area (Å²) in [6.07, 6.45) is 0.464. The maximum Gasteiger partial charge on any atom is 0.337 e. The first kappa shape index (κ1) is 18.1. The van der Waals surface area contributed by atoms with Gasteiger partial charge in [0.2, 0.25) is 10.0 Å². The van der Waals surface area contributed by atoms with Crippen molar-refractivity contribution in [3.05, 3.63) is 64.5 Å². The minimum absolute atomic E-state index is 0.0288. The topological polar surface area (TPSA) is 96.4 Å². The van der Waals surface area contributed by atoms with Gasteiger partial charge in [-0.05, 0) is 31.0 Å². The van der Waals surface area contributed by atoms with Crippen LogP contribution < -0.4 is 4.72 Å². The third-order valence-electron chi connectivity index (χ3n) is 3.51. The molecular formula is C17H20N2O4S. The van der Waals surface area contributed by atoms with Gasteiger partial charge in [0.15, 0.2) is 0 Å². The molecule has 2 rings (SSSR count). The van der Waals surface area contributed by atoms with Crippen LogP contribution in [0, 0.1) is 6.92 Å². The monoisotopic (exact) mass is 348 g/mol. The molecule has 0 unspecified atom stereocenters. The second kappa shape index (κ2) is 7.55. The third-order valence-corrected chi connectivity index (χ3v) is 4.81. The molecule has 0 bridgehead atoms. The van der Waals surface area contributed by atoms with Crippen LogP contribution in [0.15, 0.2) is 36.4 Å². The van der Waals surface area contributed by atoms with E-state index in [1.54, 1.807) is 13.0 Å². The molecule has 0 aliphatic carbocycles. The zero-order chi connectivity index (χ0) is 17.7. The molecule has 7 heteroatoms. The number of aryl methyl sites for hydroxylation is 2. The average molecular weight is 348 g/mol. The number of aromatic carboxylic acids is 1. The van der Waals surface area contributed by atoms with Crippen molar-refractivity contribution in [2.24, 2.45) is 0 Å². The fourth-order valence-electron chi connectivity index (χ4n) is 2.37. The van der Waals surface area contributed by atoms with Gasteiger partial charge in [0.1, 0.15) is 0 Å². The van der Waals surface area contributed by atoms with Crippen LogP contribution in [0.1, 0.15) is 39.8 Å². The van der Waals surface area contributed by atoms with Crippen molar-refractivity contribution in [3.8, 4) is 0 Å². The Bertz CT molecular complexity index is 847. The Morgan fingerprint density at radius 2 is 2.00 bits per heavy atom. The molecule has 1 heterocycles. The molecule has 0 radical (unpaired) electrons. The Hall–Kier alpha value is -2.25. The van der Waals surface area contributed by atoms with Gasteiger partial charge >= 0.3 is 5.97 Å². The van der Waals surface area contributed by atoms with Crippen molar-refractivity contribution in [3.63, 3.8) is 0 Å². The molecule has 6 nitrogen and oxygen atoms in total. The standard InChI is InChI=1S/C17H20N2O4S/c1-3-16-15(17(20)21)8-7-14(19-16)10-18-24(22,23)11-13-6-4-5-12(2)9-13/h4-9,18H,3,10-11H2,1-2H3,(H,20,21). The highest BCUT2D eigenvalue weighted by Crippen LogP contribution is 2.11. The molecule has 0 saturated carbocycles. The SMILES string of the molecule is CCc1nc(CNS(=O)(=O)Cc2cccc(C)c2)ccc1C(=O)O. The summed E-state index contributed by atoms with van der Waals surface area (Å²) >= 11 is 0. The summed E-state index contributed by atoms with van der Waals surface area (Å²) in [6.45, 7) is 3.74. The Morgan fingerprint density at radius 3 is 2.62 bits per heavy atom. The lowest BCUT2D eigenvalue weighted by atomic mass is 10.1. The summed E-state index contributed by atoms with van der Waals surface area (Å²) in [7, 11) is -3.50. The predicted octanol–water partition coefficient (Wildman–Crippen LogP) is 2.27. The number of rotatable bonds is 7. The fourth-order valence-corrected chi connectivity index (χ4v) is 3.45. The normalized spacial score (nSPS) is 11.4. The van der Waals surface area contributed by atoms with E-state index in [1.807, 2.05) is 25.1 Å². The number of hydrogen-bond donors (Lipinski definition) is 2. The first-order chi connectivity index (χ1) is 11.3. The molecule has 1 aromatic carbocycles. The molecule has 0 saturated heterocycles. The van der Waals surface area contributed by atoms with Gasteiger partial charge in [-0.1, -0.05) is 36.8 Å². The number of carbonyl (C=O) groups is 1. The quantitative estimate of drug-likeness (QED) is 0.800. The summed E-state index contributed by atoms with van der Waals surface area (Å²) in [6, 6.07) is 10.3. The number of hydrogen-bond acceptors (Lipinski definition) is 4. The van der Waals surface area contributed by atoms with Crippen molar-refractivity contribution in [2.45, 2.75) is 32.6 Å². The van der Waals surface area contributed by atoms with E-state index in [0.717, 1.165) is 5.56 Å². The summed E-state index contributed by atoms with van der Waals surface area (Å²) < 4.78 is 26.9. The van der Waals surface area contributed by atoms with Gasteiger partial charge in [-0.2, -0.15) is 0 Å². The van der Waals surface area contributed by atoms with Crippen molar-refractivity contribution in [1.29, 1.82) is 0 Å². The van der Waals surface area contributed by atoms with E-state index >= 15 is 0 Å². The summed E-state index contributed by atoms with van der Waals surface area (Å²) in [5, 5.41) is 9.08. The summed E-state index contributed by atoms with van der Waals surface area (Å²) in [5.41, 5.74) is 2.79. The maximum atomic E-state index is 12.2. The summed E-state index contributed by atoms with van der Waals surface area (Å²) in [5.74, 6) is -1.14. The molecule has 2 aromatic rings. The molecule has 2 N–H and O–H groups in total. The van der Waals surface area contributed by atoms with Crippen LogP contribution in [0.2, 0.25) is 0 Å². The number of nitrogens with one attached hydrogen (secondary N) is 1. The van der Waals surface area contributed by atoms with Crippen molar-refractivity contribution in [1.82, 2.24) is 9.71 Å². The molecule has 0 fully saturated rings. The van der Waals surface area contributed by atoms with E-state index in [1.165, 1.54) is 12.1 Å². The van der Waals surface area contributed by atoms with E-state index < -0.39 is 16.0 Å². The largest absolute Gasteiger partial charge is 0.478 e. The number of sulfonamides is 1. The second-order valence-electron chi connectivity index (χ2n) is 5.52. The Morgan fingerprint density at radius 1 is 1.25 bits per heavy atom. The van der Waals surface area contributed by atoms with Crippen LogP contribution in [-0.4, -0.2) is 24.5 Å². The molecule has 24 heavy (non-hydrogen) atoms. The van der Waals surface area contributed by atoms with Crippen LogP contribution in [0.3, 0.4) is 0 Å². The number of aromatic nitrogens is 1. The molecule has 0 atom stereocenters. The van der Waals surface area contributed by atoms with Gasteiger partial charge in [-0.3, -0.25) is 4.98 Å². The first-order valence-electron chi connectivity index (χ1n) is 7.55. The zero-order valence-electron chi connectivity index (χ0n) is 13.6. The Balaban J connectivity index is 2.08.